The number of nitrogens with zero attached hydrogens (tertiary/aromatic N) is 1. The molecule has 0 aliphatic rings. The maximum absolute atomic E-state index is 9.51. The molecule has 2 nitrogen and oxygen atoms in total. The van der Waals surface area contributed by atoms with Crippen LogP contribution >= 0.6 is 0 Å². The van der Waals surface area contributed by atoms with Gasteiger partial charge >= 0.3 is 0 Å². The molecular weight excluding hydrogens is 294 g/mol. The van der Waals surface area contributed by atoms with Crippen LogP contribution in [0.1, 0.15) is 0 Å². The summed E-state index contributed by atoms with van der Waals surface area (Å²) < 4.78 is 2.10. The molecule has 4 rings (SSSR count). The number of aromatic nitrogens is 1. The smallest absolute Gasteiger partial charge is 0.115 e. The molecule has 4 aromatic rings. The van der Waals surface area contributed by atoms with Crippen LogP contribution in [0.25, 0.3) is 27.9 Å². The molecule has 0 fully saturated rings. The normalized spacial score (nSPS) is 10.7. The summed E-state index contributed by atoms with van der Waals surface area (Å²) in [6.07, 6.45) is 4.29. The fourth-order valence-electron chi connectivity index (χ4n) is 2.92. The Hall–Kier alpha value is -3.26. The number of phenols is 1. The number of phenolic OH excluding ortho intramolecular Hbond substituents is 1. The van der Waals surface area contributed by atoms with Gasteiger partial charge in [0.05, 0.1) is 0 Å². The third-order valence-electron chi connectivity index (χ3n) is 4.14. The summed E-state index contributed by atoms with van der Waals surface area (Å²) in [4.78, 5) is 0. The van der Waals surface area contributed by atoms with Crippen LogP contribution in [-0.4, -0.2) is 9.67 Å². The summed E-state index contributed by atoms with van der Waals surface area (Å²) in [6, 6.07) is 28.0. The number of hydrogen-bond acceptors (Lipinski definition) is 1. The van der Waals surface area contributed by atoms with E-state index >= 15 is 0 Å². The molecule has 0 bridgehead atoms. The minimum absolute atomic E-state index is 0.275. The Labute approximate surface area is 141 Å². The van der Waals surface area contributed by atoms with Gasteiger partial charge in [-0.15, -0.1) is 0 Å². The van der Waals surface area contributed by atoms with Crippen LogP contribution in [0.15, 0.2) is 97.3 Å². The van der Waals surface area contributed by atoms with Crippen molar-refractivity contribution in [2.24, 2.45) is 0 Å². The highest BCUT2D eigenvalue weighted by Crippen LogP contribution is 2.34. The van der Waals surface area contributed by atoms with Gasteiger partial charge in [-0.25, -0.2) is 0 Å². The highest BCUT2D eigenvalue weighted by molar-refractivity contribution is 5.83. The van der Waals surface area contributed by atoms with Crippen molar-refractivity contribution in [3.63, 3.8) is 0 Å². The van der Waals surface area contributed by atoms with E-state index in [1.807, 2.05) is 24.3 Å². The number of benzene rings is 3. The molecule has 3 aromatic carbocycles. The molecule has 0 amide bonds. The van der Waals surface area contributed by atoms with Crippen LogP contribution in [0.3, 0.4) is 0 Å². The van der Waals surface area contributed by atoms with E-state index < -0.39 is 0 Å². The first-order valence-corrected chi connectivity index (χ1v) is 7.93. The van der Waals surface area contributed by atoms with Crippen molar-refractivity contribution in [2.45, 2.75) is 0 Å². The zero-order chi connectivity index (χ0) is 16.4. The molecule has 1 heterocycles. The number of aromatic hydroxyl groups is 1. The zero-order valence-corrected chi connectivity index (χ0v) is 13.1. The Balaban J connectivity index is 1.89. The Morgan fingerprint density at radius 1 is 0.542 bits per heavy atom. The average molecular weight is 311 g/mol. The number of rotatable bonds is 3. The van der Waals surface area contributed by atoms with Gasteiger partial charge in [0, 0.05) is 29.2 Å². The van der Waals surface area contributed by atoms with Crippen LogP contribution in [0, 0.1) is 0 Å². The van der Waals surface area contributed by atoms with Gasteiger partial charge in [-0.1, -0.05) is 60.7 Å². The monoisotopic (exact) mass is 311 g/mol. The minimum atomic E-state index is 0.275. The molecule has 1 aromatic heterocycles. The summed E-state index contributed by atoms with van der Waals surface area (Å²) in [5.74, 6) is 0.275. The van der Waals surface area contributed by atoms with Gasteiger partial charge in [-0.3, -0.25) is 0 Å². The van der Waals surface area contributed by atoms with Gasteiger partial charge in [-0.05, 0) is 35.4 Å². The van der Waals surface area contributed by atoms with Gasteiger partial charge in [0.25, 0.3) is 0 Å². The highest BCUT2D eigenvalue weighted by atomic mass is 16.3. The molecule has 0 aliphatic carbocycles. The maximum atomic E-state index is 9.51. The van der Waals surface area contributed by atoms with Crippen LogP contribution in [-0.2, 0) is 0 Å². The fraction of sp³-hybridized carbons (Fsp3) is 0. The van der Waals surface area contributed by atoms with Crippen molar-refractivity contribution in [3.8, 4) is 33.7 Å². The molecule has 2 heteroatoms. The first-order valence-electron chi connectivity index (χ1n) is 7.93. The molecule has 0 aliphatic heterocycles. The quantitative estimate of drug-likeness (QED) is 0.529. The minimum Gasteiger partial charge on any atom is -0.508 e. The van der Waals surface area contributed by atoms with E-state index in [1.54, 1.807) is 12.1 Å². The van der Waals surface area contributed by atoms with E-state index in [4.69, 9.17) is 0 Å². The van der Waals surface area contributed by atoms with E-state index in [1.165, 1.54) is 22.3 Å². The summed E-state index contributed by atoms with van der Waals surface area (Å²) in [6.45, 7) is 0. The topological polar surface area (TPSA) is 25.2 Å². The predicted molar refractivity (Wildman–Crippen MR) is 98.3 cm³/mol. The number of hydrogen-bond donors (Lipinski definition) is 1. The molecule has 0 saturated heterocycles. The molecule has 0 radical (unpaired) electrons. The summed E-state index contributed by atoms with van der Waals surface area (Å²) >= 11 is 0. The van der Waals surface area contributed by atoms with E-state index in [-0.39, 0.29) is 5.75 Å². The van der Waals surface area contributed by atoms with Crippen molar-refractivity contribution in [1.82, 2.24) is 4.57 Å². The second kappa shape index (κ2) is 6.09. The molecule has 116 valence electrons. The summed E-state index contributed by atoms with van der Waals surface area (Å²) in [5.41, 5.74) is 5.78. The maximum Gasteiger partial charge on any atom is 0.115 e. The van der Waals surface area contributed by atoms with Crippen molar-refractivity contribution in [3.05, 3.63) is 97.3 Å². The zero-order valence-electron chi connectivity index (χ0n) is 13.1. The lowest BCUT2D eigenvalue weighted by Crippen LogP contribution is -1.88. The molecule has 24 heavy (non-hydrogen) atoms. The molecule has 1 N–H and O–H groups in total. The predicted octanol–water partition coefficient (Wildman–Crippen LogP) is 5.52. The molecular formula is C22H17NO. The Bertz CT molecular complexity index is 881. The van der Waals surface area contributed by atoms with Gasteiger partial charge in [-0.2, -0.15) is 0 Å². The Morgan fingerprint density at radius 3 is 1.46 bits per heavy atom. The molecule has 0 saturated carbocycles. The van der Waals surface area contributed by atoms with Crippen LogP contribution in [0.5, 0.6) is 5.75 Å². The van der Waals surface area contributed by atoms with Gasteiger partial charge in [0.2, 0.25) is 0 Å². The lowest BCUT2D eigenvalue weighted by molar-refractivity contribution is 0.475. The first kappa shape index (κ1) is 14.3. The SMILES string of the molecule is Oc1ccc(-n2cc(-c3ccccc3)c(-c3ccccc3)c2)cc1. The average Bonchev–Trinajstić information content (AvgIpc) is 3.09. The lowest BCUT2D eigenvalue weighted by atomic mass is 9.99. The third kappa shape index (κ3) is 2.70. The van der Waals surface area contributed by atoms with Crippen LogP contribution < -0.4 is 0 Å². The second-order valence-electron chi connectivity index (χ2n) is 5.74. The molecule has 0 spiro atoms. The van der Waals surface area contributed by atoms with Gasteiger partial charge in [0.15, 0.2) is 0 Å². The third-order valence-corrected chi connectivity index (χ3v) is 4.14. The van der Waals surface area contributed by atoms with Gasteiger partial charge in [0.1, 0.15) is 5.75 Å². The van der Waals surface area contributed by atoms with Crippen molar-refractivity contribution in [2.75, 3.05) is 0 Å². The standard InChI is InChI=1S/C22H17NO/c24-20-13-11-19(12-14-20)23-15-21(17-7-3-1-4-8-17)22(16-23)18-9-5-2-6-10-18/h1-16,24H. The lowest BCUT2D eigenvalue weighted by Gasteiger charge is -2.03. The summed E-state index contributed by atoms with van der Waals surface area (Å²) in [7, 11) is 0. The second-order valence-corrected chi connectivity index (χ2v) is 5.74. The highest BCUT2D eigenvalue weighted by Gasteiger charge is 2.11. The molecule has 0 atom stereocenters. The van der Waals surface area contributed by atoms with E-state index in [2.05, 4.69) is 65.5 Å². The Morgan fingerprint density at radius 2 is 1.00 bits per heavy atom. The van der Waals surface area contributed by atoms with Crippen molar-refractivity contribution >= 4 is 0 Å². The summed E-state index contributed by atoms with van der Waals surface area (Å²) in [5, 5.41) is 9.51. The first-order chi connectivity index (χ1) is 11.8. The van der Waals surface area contributed by atoms with Crippen LogP contribution in [0.4, 0.5) is 0 Å². The molecule has 0 unspecified atom stereocenters. The van der Waals surface area contributed by atoms with Crippen molar-refractivity contribution in [1.29, 1.82) is 0 Å². The van der Waals surface area contributed by atoms with Crippen molar-refractivity contribution < 1.29 is 5.11 Å². The van der Waals surface area contributed by atoms with Crippen LogP contribution in [0.2, 0.25) is 0 Å². The van der Waals surface area contributed by atoms with E-state index in [9.17, 15) is 5.11 Å². The fourth-order valence-corrected chi connectivity index (χ4v) is 2.92. The Kier molecular flexibility index (Phi) is 3.64. The van der Waals surface area contributed by atoms with E-state index in [0.29, 0.717) is 0 Å². The van der Waals surface area contributed by atoms with Gasteiger partial charge < -0.3 is 9.67 Å². The van der Waals surface area contributed by atoms with E-state index in [0.717, 1.165) is 5.69 Å². The largest absolute Gasteiger partial charge is 0.508 e.